The number of aryl methyl sites for hydroxylation is 5. The van der Waals surface area contributed by atoms with Crippen molar-refractivity contribution >= 4 is 92.8 Å². The number of halogens is 4. The van der Waals surface area contributed by atoms with E-state index in [1.807, 2.05) is 61.1 Å². The quantitative estimate of drug-likeness (QED) is 0.139. The van der Waals surface area contributed by atoms with Crippen LogP contribution in [0, 0.1) is 46.5 Å². The van der Waals surface area contributed by atoms with Gasteiger partial charge in [0, 0.05) is 113 Å². The average molecular weight is 1360 g/mol. The van der Waals surface area contributed by atoms with E-state index in [1.54, 1.807) is 56.1 Å². The van der Waals surface area contributed by atoms with Gasteiger partial charge in [-0.05, 0) is 170 Å². The lowest BCUT2D eigenvalue weighted by atomic mass is 10.0. The monoisotopic (exact) mass is 1360 g/mol. The van der Waals surface area contributed by atoms with Gasteiger partial charge in [-0.3, -0.25) is 23.3 Å². The predicted octanol–water partition coefficient (Wildman–Crippen LogP) is 11.7. The van der Waals surface area contributed by atoms with Crippen molar-refractivity contribution < 1.29 is 29.1 Å². The van der Waals surface area contributed by atoms with Crippen LogP contribution in [0.3, 0.4) is 0 Å². The molecule has 23 heteroatoms. The Morgan fingerprint density at radius 1 is 0.488 bits per heavy atom. The van der Waals surface area contributed by atoms with Crippen LogP contribution in [0.25, 0.3) is 33.8 Å². The first-order valence-electron chi connectivity index (χ1n) is 28.8. The second kappa shape index (κ2) is 30.0. The smallest absolute Gasteiger partial charge is 0.369 e. The molecule has 18 nitrogen and oxygen atoms in total. The van der Waals surface area contributed by atoms with Crippen LogP contribution in [0.5, 0.6) is 5.75 Å². The molecule has 6 heterocycles. The number of amides is 5. The van der Waals surface area contributed by atoms with Gasteiger partial charge in [0.25, 0.3) is 0 Å². The molecule has 5 amide bonds. The molecule has 0 atom stereocenters. The molecule has 3 aromatic heterocycles. The lowest BCUT2D eigenvalue weighted by molar-refractivity contribution is -0.134. The number of phenolic OH excluding ortho intramolecular Hbond substituents is 1. The molecule has 11 rings (SSSR count). The molecule has 5 fully saturated rings. The highest BCUT2D eigenvalue weighted by molar-refractivity contribution is 9.69. The topological polar surface area (TPSA) is 187 Å². The second-order valence-corrected chi connectivity index (χ2v) is 29.1. The number of imidazole rings is 3. The molecule has 2 N–H and O–H groups in total. The minimum atomic E-state index is -0.124. The third-order valence-electron chi connectivity index (χ3n) is 16.8. The average Bonchev–Trinajstić information content (AvgIpc) is 4.48. The highest BCUT2D eigenvalue weighted by Crippen LogP contribution is 2.34. The van der Waals surface area contributed by atoms with E-state index in [2.05, 4.69) is 126 Å². The number of hydrogen-bond donors (Lipinski definition) is 2. The maximum atomic E-state index is 12.9. The van der Waals surface area contributed by atoms with Crippen molar-refractivity contribution in [2.45, 2.75) is 117 Å². The number of likely N-dealkylation sites (tertiary alicyclic amines) is 2. The van der Waals surface area contributed by atoms with Crippen molar-refractivity contribution in [3.8, 4) is 39.5 Å². The van der Waals surface area contributed by atoms with Crippen molar-refractivity contribution in [3.63, 3.8) is 0 Å². The number of benzene rings is 3. The zero-order chi connectivity index (χ0) is 59.6. The van der Waals surface area contributed by atoms with Crippen LogP contribution in [0.1, 0.15) is 92.0 Å². The lowest BCUT2D eigenvalue weighted by Gasteiger charge is -2.36. The maximum absolute atomic E-state index is 12.9. The molecule has 2 aliphatic carbocycles. The zero-order valence-corrected chi connectivity index (χ0v) is 55.0. The number of aromatic nitrogens is 6. The van der Waals surface area contributed by atoms with Gasteiger partial charge >= 0.3 is 21.3 Å². The summed E-state index contributed by atoms with van der Waals surface area (Å²) in [5.41, 5.74) is 11.0. The SMILES string of the molecule is BrB(Br)Br.Cc1cc(-c2cn(C(=O)N(C)C3CCN(C(=O)C4CC4)CC3)cn2)ccc1O.Cc1ccc(-c2cn(C(=O)N(C)C3CCN(C(=O)C4CC4)CC3)cn2)cc1C.Cc1ccc(-c2cn(C(=O)N(C)C3CCNCC3)cn2)cc1C.Cl. The van der Waals surface area contributed by atoms with E-state index in [9.17, 15) is 29.1 Å². The fourth-order valence-electron chi connectivity index (χ4n) is 10.7. The van der Waals surface area contributed by atoms with Crippen LogP contribution in [0.15, 0.2) is 92.2 Å². The number of carbonyl (C=O) groups excluding carboxylic acids is 5. The van der Waals surface area contributed by atoms with Gasteiger partial charge in [0.05, 0.1) is 17.1 Å². The predicted molar refractivity (Wildman–Crippen MR) is 344 cm³/mol. The van der Waals surface area contributed by atoms with E-state index >= 15 is 0 Å². The highest BCUT2D eigenvalue weighted by Gasteiger charge is 2.38. The molecule has 84 heavy (non-hydrogen) atoms. The molecule has 0 spiro atoms. The van der Waals surface area contributed by atoms with E-state index in [1.165, 1.54) is 33.1 Å². The molecule has 0 unspecified atom stereocenters. The maximum Gasteiger partial charge on any atom is 0.369 e. The number of aromatic hydroxyl groups is 1. The van der Waals surface area contributed by atoms with Crippen LogP contribution in [-0.2, 0) is 9.59 Å². The summed E-state index contributed by atoms with van der Waals surface area (Å²) < 4.78 is 4.92. The Morgan fingerprint density at radius 3 is 1.11 bits per heavy atom. The number of nitrogens with one attached hydrogen (secondary N) is 1. The first kappa shape index (κ1) is 65.7. The van der Waals surface area contributed by atoms with E-state index in [0.29, 0.717) is 17.6 Å². The number of nitrogens with zero attached hydrogens (tertiary/aromatic N) is 11. The van der Waals surface area contributed by atoms with Gasteiger partial charge in [0.1, 0.15) is 24.7 Å². The van der Waals surface area contributed by atoms with Gasteiger partial charge in [-0.2, -0.15) is 0 Å². The van der Waals surface area contributed by atoms with Gasteiger partial charge < -0.3 is 34.9 Å². The molecule has 5 aliphatic rings. The van der Waals surface area contributed by atoms with Crippen LogP contribution in [0.2, 0.25) is 0 Å². The van der Waals surface area contributed by atoms with E-state index in [-0.39, 0.29) is 69.3 Å². The fraction of sp³-hybridized carbons (Fsp3) is 0.475. The first-order chi connectivity index (χ1) is 39.7. The van der Waals surface area contributed by atoms with Crippen LogP contribution in [0.4, 0.5) is 14.4 Å². The number of hydrogen-bond acceptors (Lipinski definition) is 10. The summed E-state index contributed by atoms with van der Waals surface area (Å²) in [6, 6.07) is 18.1. The lowest BCUT2D eigenvalue weighted by Crippen LogP contribution is -2.48. The van der Waals surface area contributed by atoms with E-state index in [0.717, 1.165) is 137 Å². The summed E-state index contributed by atoms with van der Waals surface area (Å²) in [7, 11) is 5.55. The van der Waals surface area contributed by atoms with Gasteiger partial charge in [0.15, 0.2) is 0 Å². The summed E-state index contributed by atoms with van der Waals surface area (Å²) in [6.45, 7) is 15.1. The van der Waals surface area contributed by atoms with Crippen molar-refractivity contribution in [2.75, 3.05) is 60.4 Å². The minimum absolute atomic E-state index is 0. The highest BCUT2D eigenvalue weighted by atomic mass is 79.9. The Hall–Kier alpha value is -5.81. The van der Waals surface area contributed by atoms with Gasteiger partial charge in [-0.25, -0.2) is 29.3 Å². The Kier molecular flexibility index (Phi) is 23.5. The third kappa shape index (κ3) is 17.2. The van der Waals surface area contributed by atoms with Crippen molar-refractivity contribution in [2.24, 2.45) is 11.8 Å². The molecule has 0 bridgehead atoms. The fourth-order valence-corrected chi connectivity index (χ4v) is 10.7. The second-order valence-electron chi connectivity index (χ2n) is 22.7. The van der Waals surface area contributed by atoms with Crippen molar-refractivity contribution in [1.29, 1.82) is 0 Å². The summed E-state index contributed by atoms with van der Waals surface area (Å²) >= 11 is 9.31. The standard InChI is InChI=1S/C22H28N4O2.C21H26N4O3.C18H24N4O.BBr3.ClH/c1-15-4-5-18(12-16(15)2)20-13-26(14-23-20)22(28)24(3)19-8-10-25(11-9-19)21(27)17-6-7-17;1-14-11-16(5-6-19(14)26)18-12-25(13-22-18)21(28)23(2)17-7-9-24(10-8-17)20(27)15-3-4-15;1-13-4-5-15(10-14(13)2)17-11-22(12-20-17)18(23)21(3)16-6-8-19-9-7-16;2-1(3)4;/h4-5,12-14,17,19H,6-11H2,1-3H3;5-6,11-13,15,17,26H,3-4,7-10H2,1-2H3;4-5,10-12,16,19H,6-9H2,1-3H3;;1H. The third-order valence-corrected chi connectivity index (χ3v) is 16.8. The molecule has 6 aromatic rings. The Morgan fingerprint density at radius 2 is 0.798 bits per heavy atom. The summed E-state index contributed by atoms with van der Waals surface area (Å²) in [5.74, 6) is 1.36. The molecule has 0 radical (unpaired) electrons. The molecular weight excluding hydrogens is 1280 g/mol. The molecule has 3 saturated heterocycles. The Balaban J connectivity index is 0.000000175. The largest absolute Gasteiger partial charge is 0.508 e. The zero-order valence-electron chi connectivity index (χ0n) is 49.4. The number of carbonyl (C=O) groups is 5. The molecule has 2 saturated carbocycles. The van der Waals surface area contributed by atoms with E-state index < -0.39 is 0 Å². The Bertz CT molecular complexity index is 3080. The van der Waals surface area contributed by atoms with E-state index in [4.69, 9.17) is 0 Å². The minimum Gasteiger partial charge on any atom is -0.508 e. The molecule has 3 aromatic carbocycles. The van der Waals surface area contributed by atoms with Gasteiger partial charge in [0.2, 0.25) is 11.8 Å². The number of piperidine rings is 3. The van der Waals surface area contributed by atoms with Crippen LogP contribution >= 0.6 is 59.7 Å². The summed E-state index contributed by atoms with van der Waals surface area (Å²) in [5, 5.41) is 13.0. The molecule has 450 valence electrons. The van der Waals surface area contributed by atoms with Crippen LogP contribution in [-0.4, -0.2) is 170 Å². The van der Waals surface area contributed by atoms with Gasteiger partial charge in [-0.1, -0.05) is 24.3 Å². The van der Waals surface area contributed by atoms with Crippen LogP contribution < -0.4 is 5.32 Å². The summed E-state index contributed by atoms with van der Waals surface area (Å²) in [4.78, 5) is 85.3. The Labute approximate surface area is 525 Å². The molecule has 3 aliphatic heterocycles. The van der Waals surface area contributed by atoms with Crippen molar-refractivity contribution in [1.82, 2.24) is 58.5 Å². The molecular formula is C61H79BBr3ClN12O6. The van der Waals surface area contributed by atoms with Gasteiger partial charge in [-0.15, -0.1) is 59.7 Å². The first-order valence-corrected chi connectivity index (χ1v) is 31.5. The normalized spacial score (nSPS) is 16.3. The number of phenols is 1. The number of rotatable bonds is 8. The van der Waals surface area contributed by atoms with Crippen molar-refractivity contribution in [3.05, 3.63) is 120 Å². The summed E-state index contributed by atoms with van der Waals surface area (Å²) in [6.07, 6.45) is 19.5.